The molecule has 1 fully saturated rings. The van der Waals surface area contributed by atoms with Gasteiger partial charge in [-0.15, -0.1) is 0 Å². The summed E-state index contributed by atoms with van der Waals surface area (Å²) in [5, 5.41) is 10.7. The second-order valence-corrected chi connectivity index (χ2v) is 6.81. The number of aromatic nitrogens is 2. The number of nitrogens with zero attached hydrogens (tertiary/aromatic N) is 3. The molecule has 2 aromatic rings. The predicted molar refractivity (Wildman–Crippen MR) is 94.4 cm³/mol. The number of carbonyl (C=O) groups is 1. The highest BCUT2D eigenvalue weighted by Crippen LogP contribution is 2.24. The molecular formula is C19H25N3O3. The summed E-state index contributed by atoms with van der Waals surface area (Å²) in [6, 6.07) is 7.74. The summed E-state index contributed by atoms with van der Waals surface area (Å²) in [7, 11) is 0. The second-order valence-electron chi connectivity index (χ2n) is 6.81. The number of aliphatic hydroxyl groups is 1. The van der Waals surface area contributed by atoms with Crippen LogP contribution in [0.15, 0.2) is 36.7 Å². The Labute approximate surface area is 148 Å². The Morgan fingerprint density at radius 2 is 2.24 bits per heavy atom. The van der Waals surface area contributed by atoms with Crippen molar-refractivity contribution in [2.45, 2.75) is 38.8 Å². The Morgan fingerprint density at radius 1 is 1.40 bits per heavy atom. The van der Waals surface area contributed by atoms with Crippen LogP contribution in [0.4, 0.5) is 0 Å². The normalized spacial score (nSPS) is 20.0. The minimum atomic E-state index is -0.982. The second kappa shape index (κ2) is 7.27. The van der Waals surface area contributed by atoms with Gasteiger partial charge in [0.1, 0.15) is 23.8 Å². The molecule has 1 amide bonds. The first kappa shape index (κ1) is 17.5. The molecule has 0 spiro atoms. The van der Waals surface area contributed by atoms with Gasteiger partial charge in [0, 0.05) is 31.9 Å². The van der Waals surface area contributed by atoms with Crippen LogP contribution < -0.4 is 4.74 Å². The lowest BCUT2D eigenvalue weighted by molar-refractivity contribution is -0.131. The van der Waals surface area contributed by atoms with Crippen LogP contribution in [-0.2, 0) is 11.3 Å². The van der Waals surface area contributed by atoms with Crippen LogP contribution in [0, 0.1) is 13.8 Å². The molecule has 6 nitrogen and oxygen atoms in total. The number of imidazole rings is 1. The summed E-state index contributed by atoms with van der Waals surface area (Å²) in [6.45, 7) is 5.61. The third kappa shape index (κ3) is 4.39. The van der Waals surface area contributed by atoms with Gasteiger partial charge in [-0.2, -0.15) is 0 Å². The highest BCUT2D eigenvalue weighted by Gasteiger charge is 2.38. The lowest BCUT2D eigenvalue weighted by Crippen LogP contribution is -2.40. The minimum absolute atomic E-state index is 0.0552. The van der Waals surface area contributed by atoms with Crippen molar-refractivity contribution in [1.29, 1.82) is 0 Å². The molecule has 6 heteroatoms. The van der Waals surface area contributed by atoms with Crippen LogP contribution >= 0.6 is 0 Å². The molecule has 1 aromatic heterocycles. The molecular weight excluding hydrogens is 318 g/mol. The maximum Gasteiger partial charge on any atom is 0.224 e. The molecule has 2 heterocycles. The number of carbonyl (C=O) groups excluding carboxylic acids is 1. The summed E-state index contributed by atoms with van der Waals surface area (Å²) >= 11 is 0. The number of ether oxygens (including phenoxy) is 1. The molecule has 1 atom stereocenters. The van der Waals surface area contributed by atoms with Gasteiger partial charge in [0.05, 0.1) is 6.54 Å². The number of likely N-dealkylation sites (tertiary alicyclic amines) is 1. The molecule has 1 aliphatic rings. The fourth-order valence-corrected chi connectivity index (χ4v) is 3.12. The predicted octanol–water partition coefficient (Wildman–Crippen LogP) is 1.93. The average Bonchev–Trinajstić information content (AvgIpc) is 3.17. The van der Waals surface area contributed by atoms with E-state index < -0.39 is 5.60 Å². The van der Waals surface area contributed by atoms with Crippen molar-refractivity contribution in [3.8, 4) is 5.75 Å². The van der Waals surface area contributed by atoms with E-state index in [1.807, 2.05) is 48.9 Å². The van der Waals surface area contributed by atoms with Crippen LogP contribution in [0.3, 0.4) is 0 Å². The highest BCUT2D eigenvalue weighted by atomic mass is 16.5. The number of rotatable bonds is 6. The molecule has 0 saturated carbocycles. The van der Waals surface area contributed by atoms with Gasteiger partial charge in [-0.1, -0.05) is 12.1 Å². The fraction of sp³-hybridized carbons (Fsp3) is 0.474. The molecule has 1 unspecified atom stereocenters. The van der Waals surface area contributed by atoms with Crippen molar-refractivity contribution < 1.29 is 14.6 Å². The number of β-amino-alcohol motifs (C(OH)–C–C–N with tert-alkyl or cyclic N) is 1. The Balaban J connectivity index is 1.49. The van der Waals surface area contributed by atoms with Crippen molar-refractivity contribution in [3.05, 3.63) is 48.0 Å². The summed E-state index contributed by atoms with van der Waals surface area (Å²) in [5.41, 5.74) is 0.132. The molecule has 25 heavy (non-hydrogen) atoms. The van der Waals surface area contributed by atoms with Gasteiger partial charge < -0.3 is 19.3 Å². The zero-order valence-electron chi connectivity index (χ0n) is 14.8. The van der Waals surface area contributed by atoms with Gasteiger partial charge in [0.2, 0.25) is 5.91 Å². The summed E-state index contributed by atoms with van der Waals surface area (Å²) in [6.07, 6.45) is 4.55. The molecule has 0 aliphatic carbocycles. The molecule has 1 aliphatic heterocycles. The van der Waals surface area contributed by atoms with Crippen LogP contribution in [0.5, 0.6) is 5.75 Å². The average molecular weight is 343 g/mol. The van der Waals surface area contributed by atoms with Crippen molar-refractivity contribution in [3.63, 3.8) is 0 Å². The lowest BCUT2D eigenvalue weighted by Gasteiger charge is -2.24. The first-order valence-electron chi connectivity index (χ1n) is 8.63. The Bertz CT molecular complexity index is 743. The molecule has 0 bridgehead atoms. The Hall–Kier alpha value is -2.34. The molecule has 0 radical (unpaired) electrons. The van der Waals surface area contributed by atoms with Crippen molar-refractivity contribution in [1.82, 2.24) is 14.5 Å². The van der Waals surface area contributed by atoms with Crippen LogP contribution in [0.1, 0.15) is 24.2 Å². The van der Waals surface area contributed by atoms with Gasteiger partial charge >= 0.3 is 0 Å². The fourth-order valence-electron chi connectivity index (χ4n) is 3.12. The topological polar surface area (TPSA) is 67.6 Å². The zero-order valence-corrected chi connectivity index (χ0v) is 14.8. The molecule has 1 saturated heterocycles. The lowest BCUT2D eigenvalue weighted by atomic mass is 10.1. The van der Waals surface area contributed by atoms with E-state index in [-0.39, 0.29) is 12.5 Å². The maximum absolute atomic E-state index is 12.4. The van der Waals surface area contributed by atoms with Gasteiger partial charge in [0.25, 0.3) is 0 Å². The third-order valence-electron chi connectivity index (χ3n) is 4.67. The smallest absolute Gasteiger partial charge is 0.224 e. The molecule has 1 N–H and O–H groups in total. The number of hydrogen-bond acceptors (Lipinski definition) is 4. The Morgan fingerprint density at radius 3 is 2.96 bits per heavy atom. The first-order chi connectivity index (χ1) is 12.0. The largest absolute Gasteiger partial charge is 0.491 e. The summed E-state index contributed by atoms with van der Waals surface area (Å²) < 4.78 is 7.70. The molecule has 1 aromatic carbocycles. The molecule has 134 valence electrons. The monoisotopic (exact) mass is 343 g/mol. The third-order valence-corrected chi connectivity index (χ3v) is 4.67. The van der Waals surface area contributed by atoms with Gasteiger partial charge in [0.15, 0.2) is 0 Å². The standard InChI is InChI=1S/C19H25N3O3/c1-15-4-3-5-17(12-15)25-14-19(24)7-10-22(13-19)18(23)6-9-21-11-8-20-16(21)2/h3-5,8,11-12,24H,6-7,9-10,13-14H2,1-2H3. The van der Waals surface area contributed by atoms with E-state index in [4.69, 9.17) is 4.74 Å². The number of benzene rings is 1. The van der Waals surface area contributed by atoms with Crippen molar-refractivity contribution in [2.75, 3.05) is 19.7 Å². The van der Waals surface area contributed by atoms with Crippen molar-refractivity contribution >= 4 is 5.91 Å². The summed E-state index contributed by atoms with van der Waals surface area (Å²) in [4.78, 5) is 18.3. The minimum Gasteiger partial charge on any atom is -0.491 e. The van der Waals surface area contributed by atoms with Crippen LogP contribution in [0.2, 0.25) is 0 Å². The zero-order chi connectivity index (χ0) is 17.9. The van der Waals surface area contributed by atoms with E-state index in [0.717, 1.165) is 17.1 Å². The van der Waals surface area contributed by atoms with E-state index in [0.29, 0.717) is 32.5 Å². The van der Waals surface area contributed by atoms with E-state index in [9.17, 15) is 9.90 Å². The SMILES string of the molecule is Cc1cccc(OCC2(O)CCN(C(=O)CCn3ccnc3C)C2)c1. The van der Waals surface area contributed by atoms with E-state index in [2.05, 4.69) is 4.98 Å². The highest BCUT2D eigenvalue weighted by molar-refractivity contribution is 5.76. The van der Waals surface area contributed by atoms with Gasteiger partial charge in [-0.05, 0) is 38.0 Å². The molecule has 3 rings (SSSR count). The Kier molecular flexibility index (Phi) is 5.08. The number of hydrogen-bond donors (Lipinski definition) is 1. The summed E-state index contributed by atoms with van der Waals surface area (Å²) in [5.74, 6) is 1.70. The van der Waals surface area contributed by atoms with Crippen molar-refractivity contribution in [2.24, 2.45) is 0 Å². The van der Waals surface area contributed by atoms with E-state index in [1.165, 1.54) is 0 Å². The number of aryl methyl sites for hydroxylation is 3. The van der Waals surface area contributed by atoms with Gasteiger partial charge in [-0.25, -0.2) is 4.98 Å². The number of amides is 1. The van der Waals surface area contributed by atoms with Gasteiger partial charge in [-0.3, -0.25) is 4.79 Å². The van der Waals surface area contributed by atoms with E-state index >= 15 is 0 Å². The van der Waals surface area contributed by atoms with E-state index in [1.54, 1.807) is 11.1 Å². The quantitative estimate of drug-likeness (QED) is 0.870. The van der Waals surface area contributed by atoms with Crippen LogP contribution in [-0.4, -0.2) is 50.8 Å². The maximum atomic E-state index is 12.4. The van der Waals surface area contributed by atoms with Crippen LogP contribution in [0.25, 0.3) is 0 Å². The first-order valence-corrected chi connectivity index (χ1v) is 8.63.